The monoisotopic (exact) mass is 451 g/mol. The molecule has 1 aromatic carbocycles. The van der Waals surface area contributed by atoms with E-state index in [1.54, 1.807) is 20.4 Å². The summed E-state index contributed by atoms with van der Waals surface area (Å²) in [5.74, 6) is 1.98. The van der Waals surface area contributed by atoms with Crippen LogP contribution in [0.25, 0.3) is 22.2 Å². The predicted octanol–water partition coefficient (Wildman–Crippen LogP) is 3.62. The number of amides is 1. The molecule has 2 atom stereocenters. The van der Waals surface area contributed by atoms with Crippen LogP contribution in [0, 0.1) is 5.92 Å². The first-order valence-electron chi connectivity index (χ1n) is 11.1. The first kappa shape index (κ1) is 22.8. The lowest BCUT2D eigenvalue weighted by Gasteiger charge is -2.17. The number of nitrogens with one attached hydrogen (secondary N) is 1. The standard InChI is InChI=1S/C25H29N3O5/c1-16(8-10-30-2)33-22-7-6-18(12-23(22)31-3)20-13-21-19(5-4-9-26-21)25(28-20)32-15-17-11-24(29)27-14-17/h4-7,9,12-13,16-17H,8,10-11,14-15H2,1-3H3,(H,27,29)/t16?,17-/m1/s1. The second kappa shape index (κ2) is 10.5. The van der Waals surface area contributed by atoms with Crippen LogP contribution in [0.2, 0.25) is 0 Å². The highest BCUT2D eigenvalue weighted by atomic mass is 16.5. The summed E-state index contributed by atoms with van der Waals surface area (Å²) in [5.41, 5.74) is 2.36. The topological polar surface area (TPSA) is 91.8 Å². The van der Waals surface area contributed by atoms with Crippen molar-refractivity contribution in [3.05, 3.63) is 42.6 Å². The van der Waals surface area contributed by atoms with Crippen molar-refractivity contribution in [2.75, 3.05) is 34.0 Å². The van der Waals surface area contributed by atoms with Gasteiger partial charge in [0.25, 0.3) is 0 Å². The Labute approximate surface area is 193 Å². The van der Waals surface area contributed by atoms with Crippen LogP contribution < -0.4 is 19.5 Å². The Kier molecular flexibility index (Phi) is 7.24. The van der Waals surface area contributed by atoms with E-state index in [4.69, 9.17) is 23.9 Å². The fourth-order valence-electron chi connectivity index (χ4n) is 3.77. The average molecular weight is 452 g/mol. The molecule has 0 radical (unpaired) electrons. The molecule has 2 aromatic heterocycles. The molecule has 8 nitrogen and oxygen atoms in total. The molecule has 1 aliphatic rings. The van der Waals surface area contributed by atoms with Crippen LogP contribution >= 0.6 is 0 Å². The lowest BCUT2D eigenvalue weighted by molar-refractivity contribution is -0.119. The molecular weight excluding hydrogens is 422 g/mol. The summed E-state index contributed by atoms with van der Waals surface area (Å²) in [6, 6.07) is 11.5. The van der Waals surface area contributed by atoms with E-state index in [0.29, 0.717) is 49.3 Å². The highest BCUT2D eigenvalue weighted by Gasteiger charge is 2.23. The summed E-state index contributed by atoms with van der Waals surface area (Å²) in [6.07, 6.45) is 2.98. The Bertz CT molecular complexity index is 1120. The zero-order valence-electron chi connectivity index (χ0n) is 19.2. The lowest BCUT2D eigenvalue weighted by atomic mass is 10.1. The number of nitrogens with zero attached hydrogens (tertiary/aromatic N) is 2. The van der Waals surface area contributed by atoms with Crippen molar-refractivity contribution in [3.8, 4) is 28.6 Å². The maximum absolute atomic E-state index is 11.5. The van der Waals surface area contributed by atoms with E-state index >= 15 is 0 Å². The van der Waals surface area contributed by atoms with Crippen molar-refractivity contribution in [2.24, 2.45) is 5.92 Å². The minimum Gasteiger partial charge on any atom is -0.493 e. The Morgan fingerprint density at radius 3 is 2.82 bits per heavy atom. The number of hydrogen-bond acceptors (Lipinski definition) is 7. The van der Waals surface area contributed by atoms with Crippen LogP contribution in [-0.2, 0) is 9.53 Å². The van der Waals surface area contributed by atoms with Gasteiger partial charge in [-0.15, -0.1) is 0 Å². The van der Waals surface area contributed by atoms with Crippen LogP contribution in [0.15, 0.2) is 42.6 Å². The first-order chi connectivity index (χ1) is 16.1. The fourth-order valence-corrected chi connectivity index (χ4v) is 3.77. The molecule has 0 bridgehead atoms. The Hall–Kier alpha value is -3.39. The molecule has 174 valence electrons. The van der Waals surface area contributed by atoms with Gasteiger partial charge >= 0.3 is 0 Å². The van der Waals surface area contributed by atoms with E-state index in [1.165, 1.54) is 0 Å². The molecule has 0 aliphatic carbocycles. The van der Waals surface area contributed by atoms with E-state index < -0.39 is 0 Å². The van der Waals surface area contributed by atoms with E-state index in [0.717, 1.165) is 22.9 Å². The number of aromatic nitrogens is 2. The minimum atomic E-state index is -0.00958. The van der Waals surface area contributed by atoms with Gasteiger partial charge in [0, 0.05) is 50.8 Å². The summed E-state index contributed by atoms with van der Waals surface area (Å²) in [7, 11) is 3.29. The second-order valence-electron chi connectivity index (χ2n) is 8.14. The van der Waals surface area contributed by atoms with E-state index in [9.17, 15) is 4.79 Å². The zero-order chi connectivity index (χ0) is 23.2. The minimum absolute atomic E-state index is 0.00958. The highest BCUT2D eigenvalue weighted by molar-refractivity contribution is 5.87. The third-order valence-electron chi connectivity index (χ3n) is 5.60. The SMILES string of the molecule is COCCC(C)Oc1ccc(-c2cc3ncccc3c(OC[C@H]3CNC(=O)C3)n2)cc1OC. The lowest BCUT2D eigenvalue weighted by Crippen LogP contribution is -2.17. The van der Waals surface area contributed by atoms with Gasteiger partial charge in [0.15, 0.2) is 11.5 Å². The molecule has 1 N–H and O–H groups in total. The van der Waals surface area contributed by atoms with Crippen molar-refractivity contribution in [1.82, 2.24) is 15.3 Å². The van der Waals surface area contributed by atoms with Crippen molar-refractivity contribution in [2.45, 2.75) is 25.9 Å². The fraction of sp³-hybridized carbons (Fsp3) is 0.400. The molecule has 4 rings (SSSR count). The summed E-state index contributed by atoms with van der Waals surface area (Å²) < 4.78 is 22.8. The largest absolute Gasteiger partial charge is 0.493 e. The Balaban J connectivity index is 1.61. The maximum atomic E-state index is 11.5. The molecule has 33 heavy (non-hydrogen) atoms. The number of carbonyl (C=O) groups is 1. The third-order valence-corrected chi connectivity index (χ3v) is 5.60. The Morgan fingerprint density at radius 1 is 1.18 bits per heavy atom. The average Bonchev–Trinajstić information content (AvgIpc) is 3.26. The third kappa shape index (κ3) is 5.51. The van der Waals surface area contributed by atoms with Gasteiger partial charge in [0.05, 0.1) is 36.4 Å². The van der Waals surface area contributed by atoms with Crippen LogP contribution in [0.3, 0.4) is 0 Å². The molecule has 8 heteroatoms. The number of benzene rings is 1. The Morgan fingerprint density at radius 2 is 2.06 bits per heavy atom. The van der Waals surface area contributed by atoms with Gasteiger partial charge < -0.3 is 24.3 Å². The maximum Gasteiger partial charge on any atom is 0.223 e. The molecule has 0 spiro atoms. The first-order valence-corrected chi connectivity index (χ1v) is 11.1. The second-order valence-corrected chi connectivity index (χ2v) is 8.14. The van der Waals surface area contributed by atoms with Gasteiger partial charge in [-0.3, -0.25) is 9.78 Å². The summed E-state index contributed by atoms with van der Waals surface area (Å²) >= 11 is 0. The number of hydrogen-bond donors (Lipinski definition) is 1. The molecule has 1 fully saturated rings. The van der Waals surface area contributed by atoms with Crippen LogP contribution in [-0.4, -0.2) is 56.0 Å². The number of fused-ring (bicyclic) bond motifs is 1. The summed E-state index contributed by atoms with van der Waals surface area (Å²) in [4.78, 5) is 20.8. The van der Waals surface area contributed by atoms with E-state index in [1.807, 2.05) is 43.3 Å². The molecule has 1 amide bonds. The van der Waals surface area contributed by atoms with Gasteiger partial charge in [0.1, 0.15) is 0 Å². The predicted molar refractivity (Wildman–Crippen MR) is 125 cm³/mol. The number of methoxy groups -OCH3 is 2. The number of pyridine rings is 2. The van der Waals surface area contributed by atoms with Crippen molar-refractivity contribution >= 4 is 16.8 Å². The quantitative estimate of drug-likeness (QED) is 0.503. The van der Waals surface area contributed by atoms with Gasteiger partial charge in [-0.2, -0.15) is 0 Å². The van der Waals surface area contributed by atoms with E-state index in [-0.39, 0.29) is 17.9 Å². The van der Waals surface area contributed by atoms with Gasteiger partial charge in [-0.1, -0.05) is 0 Å². The summed E-state index contributed by atoms with van der Waals surface area (Å²) in [5, 5.41) is 3.67. The molecule has 1 unspecified atom stereocenters. The molecule has 3 aromatic rings. The van der Waals surface area contributed by atoms with Gasteiger partial charge in [-0.05, 0) is 43.3 Å². The molecule has 0 saturated carbocycles. The highest BCUT2D eigenvalue weighted by Crippen LogP contribution is 2.35. The van der Waals surface area contributed by atoms with Gasteiger partial charge in [-0.25, -0.2) is 4.98 Å². The van der Waals surface area contributed by atoms with Crippen LogP contribution in [0.5, 0.6) is 17.4 Å². The molecular formula is C25H29N3O5. The van der Waals surface area contributed by atoms with Crippen LogP contribution in [0.4, 0.5) is 0 Å². The molecule has 1 aliphatic heterocycles. The van der Waals surface area contributed by atoms with Gasteiger partial charge in [0.2, 0.25) is 11.8 Å². The normalized spacial score (nSPS) is 16.5. The van der Waals surface area contributed by atoms with Crippen LogP contribution in [0.1, 0.15) is 19.8 Å². The smallest absolute Gasteiger partial charge is 0.223 e. The molecule has 3 heterocycles. The van der Waals surface area contributed by atoms with Crippen molar-refractivity contribution in [3.63, 3.8) is 0 Å². The number of rotatable bonds is 10. The van der Waals surface area contributed by atoms with E-state index in [2.05, 4.69) is 10.3 Å². The number of ether oxygens (including phenoxy) is 4. The molecule has 1 saturated heterocycles. The zero-order valence-corrected chi connectivity index (χ0v) is 19.2. The number of carbonyl (C=O) groups excluding carboxylic acids is 1. The summed E-state index contributed by atoms with van der Waals surface area (Å²) in [6.45, 7) is 3.66. The van der Waals surface area contributed by atoms with Crippen molar-refractivity contribution < 1.29 is 23.7 Å². The van der Waals surface area contributed by atoms with Crippen molar-refractivity contribution in [1.29, 1.82) is 0 Å².